The summed E-state index contributed by atoms with van der Waals surface area (Å²) in [5.41, 5.74) is -1.64. The monoisotopic (exact) mass is 239 g/mol. The molecule has 94 valence electrons. The van der Waals surface area contributed by atoms with Gasteiger partial charge in [0.05, 0.1) is 0 Å². The van der Waals surface area contributed by atoms with Gasteiger partial charge in [-0.25, -0.2) is 28.1 Å². The van der Waals surface area contributed by atoms with E-state index >= 15 is 0 Å². The second-order valence-electron chi connectivity index (χ2n) is 3.57. The Balaban J connectivity index is 3.60. The van der Waals surface area contributed by atoms with Gasteiger partial charge in [0.1, 0.15) is 0 Å². The Labute approximate surface area is 98.4 Å². The molecular formula is C11H17N3O3. The van der Waals surface area contributed by atoms with E-state index in [-0.39, 0.29) is 19.6 Å². The van der Waals surface area contributed by atoms with Gasteiger partial charge in [-0.1, -0.05) is 6.08 Å². The van der Waals surface area contributed by atoms with Crippen molar-refractivity contribution in [3.8, 4) is 0 Å². The van der Waals surface area contributed by atoms with Crippen molar-refractivity contribution in [3.63, 3.8) is 0 Å². The molecule has 0 saturated carbocycles. The Hall–Kier alpha value is -1.85. The lowest BCUT2D eigenvalue weighted by Crippen LogP contribution is -2.54. The van der Waals surface area contributed by atoms with Crippen molar-refractivity contribution < 1.29 is 0 Å². The molecule has 0 aliphatic heterocycles. The summed E-state index contributed by atoms with van der Waals surface area (Å²) in [5, 5.41) is 0. The molecule has 0 aromatic carbocycles. The van der Waals surface area contributed by atoms with Crippen LogP contribution in [0.15, 0.2) is 27.0 Å². The molecule has 0 aliphatic rings. The molecule has 0 unspecified atom stereocenters. The molecule has 1 rings (SSSR count). The molecule has 0 saturated heterocycles. The summed E-state index contributed by atoms with van der Waals surface area (Å²) >= 11 is 0. The predicted molar refractivity (Wildman–Crippen MR) is 65.4 cm³/mol. The van der Waals surface area contributed by atoms with E-state index in [0.717, 1.165) is 13.7 Å². The van der Waals surface area contributed by atoms with Gasteiger partial charge in [-0.3, -0.25) is 0 Å². The minimum absolute atomic E-state index is 0.251. The van der Waals surface area contributed by atoms with Crippen LogP contribution in [0.25, 0.3) is 0 Å². The van der Waals surface area contributed by atoms with Gasteiger partial charge in [0.25, 0.3) is 0 Å². The van der Waals surface area contributed by atoms with E-state index in [1.807, 2.05) is 0 Å². The fourth-order valence-corrected chi connectivity index (χ4v) is 1.64. The highest BCUT2D eigenvalue weighted by molar-refractivity contribution is 4.79. The molecule has 0 radical (unpaired) electrons. The topological polar surface area (TPSA) is 66.0 Å². The minimum atomic E-state index is -0.547. The molecule has 6 nitrogen and oxygen atoms in total. The molecule has 0 spiro atoms. The minimum Gasteiger partial charge on any atom is -0.247 e. The van der Waals surface area contributed by atoms with Crippen LogP contribution in [0.3, 0.4) is 0 Å². The Morgan fingerprint density at radius 1 is 0.941 bits per heavy atom. The van der Waals surface area contributed by atoms with Gasteiger partial charge in [-0.2, -0.15) is 0 Å². The Kier molecular flexibility index (Phi) is 4.25. The number of hydrogen-bond donors (Lipinski definition) is 0. The summed E-state index contributed by atoms with van der Waals surface area (Å²) in [7, 11) is 0. The molecule has 6 heteroatoms. The second kappa shape index (κ2) is 5.47. The van der Waals surface area contributed by atoms with Crippen LogP contribution >= 0.6 is 0 Å². The normalized spacial score (nSPS) is 10.5. The predicted octanol–water partition coefficient (Wildman–Crippen LogP) is -0.212. The zero-order chi connectivity index (χ0) is 13.0. The van der Waals surface area contributed by atoms with E-state index in [4.69, 9.17) is 0 Å². The van der Waals surface area contributed by atoms with Crippen molar-refractivity contribution >= 4 is 0 Å². The summed E-state index contributed by atoms with van der Waals surface area (Å²) < 4.78 is 3.21. The summed E-state index contributed by atoms with van der Waals surface area (Å²) in [4.78, 5) is 35.6. The molecule has 17 heavy (non-hydrogen) atoms. The third-order valence-corrected chi connectivity index (χ3v) is 2.57. The standard InChI is InChI=1S/C11H17N3O3/c1-4-7-8-14-10(16)12(5-2)9(15)13(6-3)11(14)17/h4H,1,5-8H2,2-3H3. The average Bonchev–Trinajstić information content (AvgIpc) is 2.30. The summed E-state index contributed by atoms with van der Waals surface area (Å²) in [6.07, 6.45) is 2.14. The molecule has 1 heterocycles. The maximum absolute atomic E-state index is 11.9. The number of hydrogen-bond acceptors (Lipinski definition) is 3. The largest absolute Gasteiger partial charge is 0.336 e. The molecule has 0 amide bonds. The van der Waals surface area contributed by atoms with Gasteiger partial charge in [0.2, 0.25) is 0 Å². The first-order valence-electron chi connectivity index (χ1n) is 5.63. The molecule has 0 aliphatic carbocycles. The highest BCUT2D eigenvalue weighted by atomic mass is 16.2. The Morgan fingerprint density at radius 2 is 1.35 bits per heavy atom. The lowest BCUT2D eigenvalue weighted by molar-refractivity contribution is 0.464. The summed E-state index contributed by atoms with van der Waals surface area (Å²) in [6.45, 7) is 7.71. The highest BCUT2D eigenvalue weighted by Crippen LogP contribution is 1.83. The fraction of sp³-hybridized carbons (Fsp3) is 0.545. The van der Waals surface area contributed by atoms with E-state index < -0.39 is 17.1 Å². The van der Waals surface area contributed by atoms with Crippen molar-refractivity contribution in [3.05, 3.63) is 44.1 Å². The summed E-state index contributed by atoms with van der Waals surface area (Å²) in [6, 6.07) is 0. The maximum atomic E-state index is 11.9. The van der Waals surface area contributed by atoms with Gasteiger partial charge >= 0.3 is 17.1 Å². The second-order valence-corrected chi connectivity index (χ2v) is 3.57. The van der Waals surface area contributed by atoms with E-state index in [0.29, 0.717) is 6.42 Å². The van der Waals surface area contributed by atoms with Gasteiger partial charge in [-0.05, 0) is 20.3 Å². The first-order valence-corrected chi connectivity index (χ1v) is 5.63. The van der Waals surface area contributed by atoms with Crippen molar-refractivity contribution in [1.29, 1.82) is 0 Å². The zero-order valence-electron chi connectivity index (χ0n) is 10.2. The van der Waals surface area contributed by atoms with Crippen LogP contribution in [0.5, 0.6) is 0 Å². The smallest absolute Gasteiger partial charge is 0.247 e. The van der Waals surface area contributed by atoms with Crippen molar-refractivity contribution in [2.75, 3.05) is 0 Å². The van der Waals surface area contributed by atoms with E-state index in [1.54, 1.807) is 19.9 Å². The number of aromatic nitrogens is 3. The van der Waals surface area contributed by atoms with Crippen LogP contribution in [-0.4, -0.2) is 13.7 Å². The van der Waals surface area contributed by atoms with Crippen LogP contribution in [-0.2, 0) is 19.6 Å². The molecule has 0 bridgehead atoms. The van der Waals surface area contributed by atoms with Crippen LogP contribution in [0.4, 0.5) is 0 Å². The van der Waals surface area contributed by atoms with Gasteiger partial charge in [0, 0.05) is 19.6 Å². The van der Waals surface area contributed by atoms with Crippen LogP contribution in [0, 0.1) is 0 Å². The van der Waals surface area contributed by atoms with Gasteiger partial charge in [-0.15, -0.1) is 6.58 Å². The molecule has 1 aromatic rings. The Bertz CT molecular complexity index is 535. The van der Waals surface area contributed by atoms with E-state index in [9.17, 15) is 14.4 Å². The zero-order valence-corrected chi connectivity index (χ0v) is 10.2. The quantitative estimate of drug-likeness (QED) is 0.668. The highest BCUT2D eigenvalue weighted by Gasteiger charge is 2.12. The van der Waals surface area contributed by atoms with Gasteiger partial charge < -0.3 is 0 Å². The van der Waals surface area contributed by atoms with E-state index in [2.05, 4.69) is 6.58 Å². The van der Waals surface area contributed by atoms with E-state index in [1.165, 1.54) is 0 Å². The molecular weight excluding hydrogens is 222 g/mol. The number of allylic oxidation sites excluding steroid dienone is 1. The summed E-state index contributed by atoms with van der Waals surface area (Å²) in [5.74, 6) is 0. The fourth-order valence-electron chi connectivity index (χ4n) is 1.64. The average molecular weight is 239 g/mol. The SMILES string of the molecule is C=CCCn1c(=O)n(CC)c(=O)n(CC)c1=O. The van der Waals surface area contributed by atoms with Crippen LogP contribution < -0.4 is 17.1 Å². The van der Waals surface area contributed by atoms with Crippen molar-refractivity contribution in [1.82, 2.24) is 13.7 Å². The first-order chi connectivity index (χ1) is 8.08. The third-order valence-electron chi connectivity index (χ3n) is 2.57. The van der Waals surface area contributed by atoms with Crippen molar-refractivity contribution in [2.24, 2.45) is 0 Å². The van der Waals surface area contributed by atoms with Crippen LogP contribution in [0.1, 0.15) is 20.3 Å². The van der Waals surface area contributed by atoms with Gasteiger partial charge in [0.15, 0.2) is 0 Å². The third kappa shape index (κ3) is 2.30. The molecule has 0 atom stereocenters. The number of nitrogens with zero attached hydrogens (tertiary/aromatic N) is 3. The maximum Gasteiger partial charge on any atom is 0.336 e. The molecule has 0 N–H and O–H groups in total. The Morgan fingerprint density at radius 3 is 1.71 bits per heavy atom. The molecule has 0 fully saturated rings. The molecule has 1 aromatic heterocycles. The van der Waals surface area contributed by atoms with Crippen LogP contribution in [0.2, 0.25) is 0 Å². The lowest BCUT2D eigenvalue weighted by Gasteiger charge is -2.10. The van der Waals surface area contributed by atoms with Crippen molar-refractivity contribution in [2.45, 2.75) is 39.9 Å². The number of rotatable bonds is 5. The lowest BCUT2D eigenvalue weighted by atomic mass is 10.4. The first kappa shape index (κ1) is 13.2.